The van der Waals surface area contributed by atoms with Gasteiger partial charge in [0.05, 0.1) is 17.4 Å². The third-order valence-electron chi connectivity index (χ3n) is 4.42. The van der Waals surface area contributed by atoms with Crippen LogP contribution in [-0.2, 0) is 16.1 Å². The second kappa shape index (κ2) is 8.39. The van der Waals surface area contributed by atoms with Gasteiger partial charge in [0.1, 0.15) is 16.7 Å². The quantitative estimate of drug-likeness (QED) is 0.348. The topological polar surface area (TPSA) is 160 Å². The Morgan fingerprint density at radius 2 is 1.90 bits per heavy atom. The molecule has 4 rings (SSSR count). The molecule has 160 valence electrons. The summed E-state index contributed by atoms with van der Waals surface area (Å²) >= 11 is 4.55. The molecule has 14 heteroatoms. The first-order valence-corrected chi connectivity index (χ1v) is 10.6. The molecule has 0 aliphatic carbocycles. The fourth-order valence-corrected chi connectivity index (χ4v) is 3.96. The molecule has 0 radical (unpaired) electrons. The van der Waals surface area contributed by atoms with E-state index < -0.39 is 23.8 Å². The van der Waals surface area contributed by atoms with E-state index in [-0.39, 0.29) is 18.6 Å². The fraction of sp³-hybridized carbons (Fsp3) is 0.235. The van der Waals surface area contributed by atoms with Crippen molar-refractivity contribution < 1.29 is 14.4 Å². The van der Waals surface area contributed by atoms with Gasteiger partial charge in [-0.05, 0) is 25.1 Å². The van der Waals surface area contributed by atoms with Gasteiger partial charge < -0.3 is 10.7 Å². The smallest absolute Gasteiger partial charge is 0.328 e. The van der Waals surface area contributed by atoms with Gasteiger partial charge >= 0.3 is 6.03 Å². The Bertz CT molecular complexity index is 1250. The minimum atomic E-state index is -1.06. The molecule has 1 saturated heterocycles. The molecule has 0 spiro atoms. The number of imide groups is 2. The van der Waals surface area contributed by atoms with Crippen LogP contribution in [0.2, 0.25) is 0 Å². The molecule has 0 bridgehead atoms. The van der Waals surface area contributed by atoms with Crippen LogP contribution in [0.25, 0.3) is 10.9 Å². The molecule has 3 heterocycles. The number of barbiturate groups is 1. The number of hydrogen-bond acceptors (Lipinski definition) is 10. The molecule has 12 nitrogen and oxygen atoms in total. The standard InChI is InChI=1S/C17H15BrN8O4S/c1-7-21-11-3-2-8(18)4-9(11)15(29)26(7)20-6-12-24-25-17(31-12)19-5-10-13(27)22-16(30)23-14(10)28/h2-4,10,20H,5-6H2,1H3,(H,19,25)(H2,22,23,27,28,30). The molecule has 4 N–H and O–H groups in total. The number of halogens is 1. The second-order valence-corrected chi connectivity index (χ2v) is 8.52. The van der Waals surface area contributed by atoms with E-state index in [0.29, 0.717) is 26.9 Å². The maximum atomic E-state index is 12.8. The van der Waals surface area contributed by atoms with Crippen molar-refractivity contribution in [3.05, 3.63) is 43.9 Å². The number of anilines is 1. The fourth-order valence-electron chi connectivity index (χ4n) is 2.92. The Morgan fingerprint density at radius 1 is 1.16 bits per heavy atom. The zero-order valence-electron chi connectivity index (χ0n) is 15.9. The van der Waals surface area contributed by atoms with Crippen molar-refractivity contribution in [2.24, 2.45) is 5.92 Å². The third kappa shape index (κ3) is 4.39. The van der Waals surface area contributed by atoms with E-state index in [1.54, 1.807) is 19.1 Å². The lowest BCUT2D eigenvalue weighted by atomic mass is 10.1. The van der Waals surface area contributed by atoms with Gasteiger partial charge in [0, 0.05) is 11.0 Å². The van der Waals surface area contributed by atoms with Gasteiger partial charge in [0.25, 0.3) is 5.56 Å². The van der Waals surface area contributed by atoms with E-state index in [2.05, 4.69) is 41.9 Å². The molecule has 4 amide bonds. The van der Waals surface area contributed by atoms with Crippen LogP contribution in [0.1, 0.15) is 10.8 Å². The predicted octanol–water partition coefficient (Wildman–Crippen LogP) is 0.457. The number of benzene rings is 1. The van der Waals surface area contributed by atoms with Gasteiger partial charge in [-0.1, -0.05) is 27.3 Å². The largest absolute Gasteiger partial charge is 0.359 e. The average molecular weight is 507 g/mol. The van der Waals surface area contributed by atoms with Crippen LogP contribution < -0.4 is 26.9 Å². The van der Waals surface area contributed by atoms with E-state index in [9.17, 15) is 19.2 Å². The van der Waals surface area contributed by atoms with Crippen LogP contribution in [0.4, 0.5) is 9.93 Å². The normalized spacial score (nSPS) is 14.5. The summed E-state index contributed by atoms with van der Waals surface area (Å²) < 4.78 is 2.12. The summed E-state index contributed by atoms with van der Waals surface area (Å²) in [6, 6.07) is 4.46. The van der Waals surface area contributed by atoms with Crippen LogP contribution in [0.15, 0.2) is 27.5 Å². The summed E-state index contributed by atoms with van der Waals surface area (Å²) in [5.74, 6) is -1.94. The average Bonchev–Trinajstić information content (AvgIpc) is 3.15. The van der Waals surface area contributed by atoms with Crippen LogP contribution in [0.3, 0.4) is 0 Å². The summed E-state index contributed by atoms with van der Waals surface area (Å²) in [6.07, 6.45) is 0. The molecular weight excluding hydrogens is 492 g/mol. The van der Waals surface area contributed by atoms with Crippen LogP contribution >= 0.6 is 27.3 Å². The Balaban J connectivity index is 1.42. The first-order valence-electron chi connectivity index (χ1n) is 8.96. The van der Waals surface area contributed by atoms with E-state index >= 15 is 0 Å². The highest BCUT2D eigenvalue weighted by molar-refractivity contribution is 9.10. The van der Waals surface area contributed by atoms with Crippen LogP contribution in [-0.4, -0.2) is 44.2 Å². The van der Waals surface area contributed by atoms with Crippen molar-refractivity contribution >= 4 is 61.1 Å². The van der Waals surface area contributed by atoms with Crippen molar-refractivity contribution in [2.75, 3.05) is 17.3 Å². The summed E-state index contributed by atoms with van der Waals surface area (Å²) in [6.45, 7) is 1.88. The first kappa shape index (κ1) is 20.9. The Morgan fingerprint density at radius 3 is 2.65 bits per heavy atom. The van der Waals surface area contributed by atoms with E-state index in [1.807, 2.05) is 16.7 Å². The third-order valence-corrected chi connectivity index (χ3v) is 5.79. The summed E-state index contributed by atoms with van der Waals surface area (Å²) in [7, 11) is 0. The first-order chi connectivity index (χ1) is 14.8. The van der Waals surface area contributed by atoms with Crippen LogP contribution in [0, 0.1) is 12.8 Å². The van der Waals surface area contributed by atoms with Gasteiger partial charge in [0.2, 0.25) is 16.9 Å². The SMILES string of the molecule is Cc1nc2ccc(Br)cc2c(=O)n1NCc1nnc(NCC2C(=O)NC(=O)NC2=O)s1. The highest BCUT2D eigenvalue weighted by Gasteiger charge is 2.34. The van der Waals surface area contributed by atoms with Gasteiger partial charge in [-0.15, -0.1) is 10.2 Å². The summed E-state index contributed by atoms with van der Waals surface area (Å²) in [5, 5.41) is 16.3. The predicted molar refractivity (Wildman–Crippen MR) is 115 cm³/mol. The molecule has 0 atom stereocenters. The number of amides is 4. The highest BCUT2D eigenvalue weighted by Crippen LogP contribution is 2.17. The Kier molecular flexibility index (Phi) is 5.65. The lowest BCUT2D eigenvalue weighted by molar-refractivity contribution is -0.135. The van der Waals surface area contributed by atoms with Crippen LogP contribution in [0.5, 0.6) is 0 Å². The summed E-state index contributed by atoms with van der Waals surface area (Å²) in [5.41, 5.74) is 3.35. The van der Waals surface area contributed by atoms with Crippen molar-refractivity contribution in [1.29, 1.82) is 0 Å². The number of aryl methyl sites for hydroxylation is 1. The molecule has 2 aromatic heterocycles. The van der Waals surface area contributed by atoms with E-state index in [1.165, 1.54) is 16.0 Å². The Hall–Kier alpha value is -3.39. The molecule has 31 heavy (non-hydrogen) atoms. The van der Waals surface area contributed by atoms with Crippen molar-refractivity contribution in [3.8, 4) is 0 Å². The minimum absolute atomic E-state index is 0.0466. The van der Waals surface area contributed by atoms with Crippen molar-refractivity contribution in [3.63, 3.8) is 0 Å². The molecule has 0 saturated carbocycles. The number of hydrogen-bond donors (Lipinski definition) is 4. The van der Waals surface area contributed by atoms with Gasteiger partial charge in [-0.25, -0.2) is 14.5 Å². The number of rotatable bonds is 6. The maximum absolute atomic E-state index is 12.8. The molecule has 0 unspecified atom stereocenters. The molecular formula is C17H15BrN8O4S. The lowest BCUT2D eigenvalue weighted by Gasteiger charge is -2.20. The molecule has 1 aromatic carbocycles. The number of fused-ring (bicyclic) bond motifs is 1. The number of aromatic nitrogens is 4. The zero-order chi connectivity index (χ0) is 22.1. The van der Waals surface area contributed by atoms with Crippen molar-refractivity contribution in [1.82, 2.24) is 30.5 Å². The number of nitrogens with one attached hydrogen (secondary N) is 4. The zero-order valence-corrected chi connectivity index (χ0v) is 18.3. The Labute approximate surface area is 186 Å². The van der Waals surface area contributed by atoms with Crippen molar-refractivity contribution in [2.45, 2.75) is 13.5 Å². The molecule has 1 fully saturated rings. The maximum Gasteiger partial charge on any atom is 0.328 e. The van der Waals surface area contributed by atoms with Gasteiger partial charge in [0.15, 0.2) is 0 Å². The molecule has 1 aliphatic heterocycles. The minimum Gasteiger partial charge on any atom is -0.359 e. The van der Waals surface area contributed by atoms with Gasteiger partial charge in [-0.2, -0.15) is 0 Å². The van der Waals surface area contributed by atoms with E-state index in [4.69, 9.17) is 0 Å². The lowest BCUT2D eigenvalue weighted by Crippen LogP contribution is -2.57. The highest BCUT2D eigenvalue weighted by atomic mass is 79.9. The molecule has 3 aromatic rings. The van der Waals surface area contributed by atoms with Gasteiger partial charge in [-0.3, -0.25) is 25.0 Å². The number of urea groups is 1. The number of nitrogens with zero attached hydrogens (tertiary/aromatic N) is 4. The second-order valence-electron chi connectivity index (χ2n) is 6.54. The number of carbonyl (C=O) groups is 3. The monoisotopic (exact) mass is 506 g/mol. The van der Waals surface area contributed by atoms with E-state index in [0.717, 1.165) is 4.47 Å². The molecule has 1 aliphatic rings. The number of carbonyl (C=O) groups excluding carboxylic acids is 3. The summed E-state index contributed by atoms with van der Waals surface area (Å²) in [4.78, 5) is 51.8.